The molecule has 0 radical (unpaired) electrons. The van der Waals surface area contributed by atoms with Crippen LogP contribution in [0.25, 0.3) is 17.3 Å². The molecule has 25 heavy (non-hydrogen) atoms. The highest BCUT2D eigenvalue weighted by molar-refractivity contribution is 7.14. The lowest BCUT2D eigenvalue weighted by molar-refractivity contribution is -0.111. The first kappa shape index (κ1) is 17.1. The summed E-state index contributed by atoms with van der Waals surface area (Å²) in [5, 5.41) is 5.25. The van der Waals surface area contributed by atoms with Gasteiger partial charge in [0.25, 0.3) is 0 Å². The van der Waals surface area contributed by atoms with E-state index in [-0.39, 0.29) is 5.91 Å². The van der Waals surface area contributed by atoms with Crippen LogP contribution in [0.15, 0.2) is 58.5 Å². The zero-order valence-electron chi connectivity index (χ0n) is 13.8. The number of carbonyl (C=O) groups excluding carboxylic acids is 1. The van der Waals surface area contributed by atoms with Crippen molar-refractivity contribution in [2.45, 2.75) is 6.42 Å². The van der Waals surface area contributed by atoms with Gasteiger partial charge < -0.3 is 9.15 Å². The van der Waals surface area contributed by atoms with E-state index >= 15 is 0 Å². The van der Waals surface area contributed by atoms with Crippen molar-refractivity contribution in [3.63, 3.8) is 0 Å². The summed E-state index contributed by atoms with van der Waals surface area (Å²) in [6.07, 6.45) is 5.48. The fourth-order valence-electron chi connectivity index (χ4n) is 2.22. The third-order valence-corrected chi connectivity index (χ3v) is 4.28. The first-order valence-corrected chi connectivity index (χ1v) is 8.69. The Balaban J connectivity index is 1.61. The number of nitrogens with one attached hydrogen (secondary N) is 1. The van der Waals surface area contributed by atoms with Gasteiger partial charge in [0.15, 0.2) is 5.13 Å². The largest absolute Gasteiger partial charge is 0.465 e. The molecule has 0 fully saturated rings. The molecule has 1 N–H and O–H groups in total. The van der Waals surface area contributed by atoms with Gasteiger partial charge in [-0.3, -0.25) is 10.1 Å². The molecule has 0 aliphatic carbocycles. The average Bonchev–Trinajstić information content (AvgIpc) is 3.30. The number of thiazole rings is 1. The molecule has 0 unspecified atom stereocenters. The van der Waals surface area contributed by atoms with Crippen molar-refractivity contribution < 1.29 is 13.9 Å². The van der Waals surface area contributed by atoms with Crippen LogP contribution in [0.2, 0.25) is 0 Å². The Bertz CT molecular complexity index is 836. The second-order valence-corrected chi connectivity index (χ2v) is 6.17. The number of rotatable bonds is 7. The predicted molar refractivity (Wildman–Crippen MR) is 99.5 cm³/mol. The molecule has 2 aromatic heterocycles. The van der Waals surface area contributed by atoms with Crippen LogP contribution < -0.4 is 5.32 Å². The fourth-order valence-corrected chi connectivity index (χ4v) is 2.94. The smallest absolute Gasteiger partial charge is 0.250 e. The number of ether oxygens (including phenoxy) is 1. The molecule has 0 bridgehead atoms. The van der Waals surface area contributed by atoms with Gasteiger partial charge >= 0.3 is 0 Å². The van der Waals surface area contributed by atoms with Gasteiger partial charge in [-0.05, 0) is 30.2 Å². The van der Waals surface area contributed by atoms with E-state index in [1.54, 1.807) is 31.6 Å². The summed E-state index contributed by atoms with van der Waals surface area (Å²) in [7, 11) is 1.70. The molecular formula is C19H18N2O3S. The van der Waals surface area contributed by atoms with Crippen molar-refractivity contribution in [3.8, 4) is 11.3 Å². The Morgan fingerprint density at radius 2 is 2.16 bits per heavy atom. The Kier molecular flexibility index (Phi) is 5.77. The van der Waals surface area contributed by atoms with Gasteiger partial charge in [0.05, 0.1) is 18.6 Å². The lowest BCUT2D eigenvalue weighted by Crippen LogP contribution is -2.07. The number of anilines is 1. The van der Waals surface area contributed by atoms with Crippen LogP contribution in [0.1, 0.15) is 11.3 Å². The minimum Gasteiger partial charge on any atom is -0.465 e. The summed E-state index contributed by atoms with van der Waals surface area (Å²) < 4.78 is 10.2. The molecule has 5 nitrogen and oxygen atoms in total. The summed E-state index contributed by atoms with van der Waals surface area (Å²) in [5.74, 6) is 0.385. The van der Waals surface area contributed by atoms with E-state index in [4.69, 9.17) is 9.15 Å². The highest BCUT2D eigenvalue weighted by Crippen LogP contribution is 2.25. The molecule has 1 amide bonds. The Hall–Kier alpha value is -2.70. The lowest BCUT2D eigenvalue weighted by atomic mass is 10.1. The third kappa shape index (κ3) is 4.89. The molecule has 0 aliphatic rings. The number of nitrogens with zero attached hydrogens (tertiary/aromatic N) is 1. The number of methoxy groups -OCH3 is 1. The highest BCUT2D eigenvalue weighted by Gasteiger charge is 2.07. The van der Waals surface area contributed by atoms with Crippen molar-refractivity contribution in [3.05, 3.63) is 65.4 Å². The van der Waals surface area contributed by atoms with Crippen molar-refractivity contribution in [1.82, 2.24) is 4.98 Å². The van der Waals surface area contributed by atoms with E-state index in [1.165, 1.54) is 23.0 Å². The van der Waals surface area contributed by atoms with Crippen LogP contribution in [0.4, 0.5) is 5.13 Å². The van der Waals surface area contributed by atoms with Crippen LogP contribution in [-0.2, 0) is 16.0 Å². The minimum absolute atomic E-state index is 0.243. The Morgan fingerprint density at radius 1 is 1.32 bits per heavy atom. The summed E-state index contributed by atoms with van der Waals surface area (Å²) in [6.45, 7) is 0.706. The van der Waals surface area contributed by atoms with Gasteiger partial charge in [-0.1, -0.05) is 24.3 Å². The van der Waals surface area contributed by atoms with E-state index in [2.05, 4.69) is 22.4 Å². The second-order valence-electron chi connectivity index (χ2n) is 5.32. The summed E-state index contributed by atoms with van der Waals surface area (Å²) in [4.78, 5) is 16.4. The molecule has 0 spiro atoms. The number of carbonyl (C=O) groups is 1. The predicted octanol–water partition coefficient (Wildman–Crippen LogP) is 4.24. The fraction of sp³-hybridized carbons (Fsp3) is 0.158. The van der Waals surface area contributed by atoms with Crippen LogP contribution in [0.3, 0.4) is 0 Å². The van der Waals surface area contributed by atoms with Crippen LogP contribution in [0, 0.1) is 0 Å². The SMILES string of the molecule is COCCc1ccc(-c2csc(NC(=O)/C=C/c3ccco3)n2)cc1. The zero-order chi connectivity index (χ0) is 17.5. The molecule has 128 valence electrons. The summed E-state index contributed by atoms with van der Waals surface area (Å²) in [5.41, 5.74) is 3.08. The average molecular weight is 354 g/mol. The maximum atomic E-state index is 11.9. The molecule has 2 heterocycles. The number of amides is 1. The van der Waals surface area contributed by atoms with E-state index < -0.39 is 0 Å². The first-order chi connectivity index (χ1) is 12.2. The molecule has 1 aromatic carbocycles. The van der Waals surface area contributed by atoms with Crippen molar-refractivity contribution >= 4 is 28.5 Å². The Labute approximate surface area is 150 Å². The minimum atomic E-state index is -0.243. The topological polar surface area (TPSA) is 64.4 Å². The second kappa shape index (κ2) is 8.41. The molecule has 6 heteroatoms. The Morgan fingerprint density at radius 3 is 2.88 bits per heavy atom. The van der Waals surface area contributed by atoms with E-state index in [0.717, 1.165) is 17.7 Å². The summed E-state index contributed by atoms with van der Waals surface area (Å²) in [6, 6.07) is 11.7. The number of furan rings is 1. The standard InChI is InChI=1S/C19H18N2O3S/c1-23-12-10-14-4-6-15(7-5-14)17-13-25-19(20-17)21-18(22)9-8-16-3-2-11-24-16/h2-9,11,13H,10,12H2,1H3,(H,20,21,22)/b9-8+. The quantitative estimate of drug-likeness (QED) is 0.645. The molecule has 0 atom stereocenters. The normalized spacial score (nSPS) is 11.1. The van der Waals surface area contributed by atoms with E-state index in [9.17, 15) is 4.79 Å². The number of benzene rings is 1. The highest BCUT2D eigenvalue weighted by atomic mass is 32.1. The van der Waals surface area contributed by atoms with Crippen LogP contribution in [0.5, 0.6) is 0 Å². The number of aromatic nitrogens is 1. The van der Waals surface area contributed by atoms with Crippen molar-refractivity contribution in [1.29, 1.82) is 0 Å². The zero-order valence-corrected chi connectivity index (χ0v) is 14.6. The molecule has 3 aromatic rings. The number of hydrogen-bond donors (Lipinski definition) is 1. The van der Waals surface area contributed by atoms with Gasteiger partial charge in [0.1, 0.15) is 5.76 Å². The van der Waals surface area contributed by atoms with E-state index in [0.29, 0.717) is 17.5 Å². The van der Waals surface area contributed by atoms with Crippen molar-refractivity contribution in [2.75, 3.05) is 19.0 Å². The van der Waals surface area contributed by atoms with Crippen LogP contribution >= 0.6 is 11.3 Å². The van der Waals surface area contributed by atoms with Crippen LogP contribution in [-0.4, -0.2) is 24.6 Å². The molecule has 0 saturated heterocycles. The van der Waals surface area contributed by atoms with Gasteiger partial charge in [-0.2, -0.15) is 0 Å². The van der Waals surface area contributed by atoms with Gasteiger partial charge in [-0.25, -0.2) is 4.98 Å². The van der Waals surface area contributed by atoms with Gasteiger partial charge in [-0.15, -0.1) is 11.3 Å². The molecule has 3 rings (SSSR count). The summed E-state index contributed by atoms with van der Waals surface area (Å²) >= 11 is 1.39. The monoisotopic (exact) mass is 354 g/mol. The van der Waals surface area contributed by atoms with Gasteiger partial charge in [0, 0.05) is 24.1 Å². The number of hydrogen-bond acceptors (Lipinski definition) is 5. The third-order valence-electron chi connectivity index (χ3n) is 3.52. The molecular weight excluding hydrogens is 336 g/mol. The molecule has 0 saturated carbocycles. The maximum absolute atomic E-state index is 11.9. The molecule has 0 aliphatic heterocycles. The first-order valence-electron chi connectivity index (χ1n) is 7.81. The lowest BCUT2D eigenvalue weighted by Gasteiger charge is -2.02. The van der Waals surface area contributed by atoms with Crippen molar-refractivity contribution in [2.24, 2.45) is 0 Å². The maximum Gasteiger partial charge on any atom is 0.250 e. The van der Waals surface area contributed by atoms with Gasteiger partial charge in [0.2, 0.25) is 5.91 Å². The van der Waals surface area contributed by atoms with E-state index in [1.807, 2.05) is 17.5 Å².